The summed E-state index contributed by atoms with van der Waals surface area (Å²) in [6.45, 7) is 1.48. The molecular weight excluding hydrogens is 381 g/mol. The van der Waals surface area contributed by atoms with E-state index in [1.54, 1.807) is 17.8 Å². The molecule has 0 aromatic heterocycles. The molecule has 0 saturated carbocycles. The van der Waals surface area contributed by atoms with E-state index in [1.807, 2.05) is 23.3 Å². The van der Waals surface area contributed by atoms with Gasteiger partial charge in [0.15, 0.2) is 0 Å². The Morgan fingerprint density at radius 3 is 2.84 bits per heavy atom. The molecule has 2 amide bonds. The van der Waals surface area contributed by atoms with Crippen LogP contribution in [0.25, 0.3) is 0 Å². The third-order valence-corrected chi connectivity index (χ3v) is 5.25. The van der Waals surface area contributed by atoms with Gasteiger partial charge in [0.2, 0.25) is 5.91 Å². The molecule has 3 N–H and O–H groups in total. The van der Waals surface area contributed by atoms with E-state index in [2.05, 4.69) is 5.32 Å². The van der Waals surface area contributed by atoms with Crippen LogP contribution in [0.2, 0.25) is 5.02 Å². The molecule has 0 aliphatic carbocycles. The number of nitrogens with two attached hydrogens (primary N) is 1. The van der Waals surface area contributed by atoms with E-state index < -0.39 is 0 Å². The number of hydrogen-bond donors (Lipinski definition) is 2. The lowest BCUT2D eigenvalue weighted by Crippen LogP contribution is -2.49. The zero-order chi connectivity index (χ0) is 17.5. The second-order valence-electron chi connectivity index (χ2n) is 5.84. The van der Waals surface area contributed by atoms with Crippen LogP contribution in [0.4, 0.5) is 0 Å². The van der Waals surface area contributed by atoms with Gasteiger partial charge in [-0.2, -0.15) is 0 Å². The van der Waals surface area contributed by atoms with Gasteiger partial charge in [0.05, 0.1) is 10.6 Å². The maximum absolute atomic E-state index is 13.0. The number of amides is 2. The summed E-state index contributed by atoms with van der Waals surface area (Å²) in [5.41, 5.74) is 5.92. The molecule has 1 aliphatic heterocycles. The van der Waals surface area contributed by atoms with Crippen molar-refractivity contribution in [3.63, 3.8) is 0 Å². The van der Waals surface area contributed by atoms with Crippen molar-refractivity contribution in [1.82, 2.24) is 10.2 Å². The van der Waals surface area contributed by atoms with E-state index in [0.717, 1.165) is 24.2 Å². The van der Waals surface area contributed by atoms with E-state index in [1.165, 1.54) is 0 Å². The molecule has 1 saturated heterocycles. The predicted octanol–water partition coefficient (Wildman–Crippen LogP) is 2.94. The highest BCUT2D eigenvalue weighted by Gasteiger charge is 2.28. The Balaban J connectivity index is 0.00000312. The summed E-state index contributed by atoms with van der Waals surface area (Å²) < 4.78 is 0. The number of carbonyl (C=O) groups excluding carboxylic acids is 2. The average molecular weight is 406 g/mol. The number of rotatable bonds is 6. The molecule has 1 fully saturated rings. The quantitative estimate of drug-likeness (QED) is 0.713. The normalized spacial score (nSPS) is 16.9. The number of thioether (sulfide) groups is 1. The van der Waals surface area contributed by atoms with Crippen LogP contribution in [0.5, 0.6) is 0 Å². The van der Waals surface area contributed by atoms with Gasteiger partial charge in [-0.1, -0.05) is 11.6 Å². The zero-order valence-electron chi connectivity index (χ0n) is 14.3. The minimum Gasteiger partial charge on any atom is -0.354 e. The highest BCUT2D eigenvalue weighted by Crippen LogP contribution is 2.27. The fourth-order valence-corrected chi connectivity index (χ4v) is 3.52. The van der Waals surface area contributed by atoms with Crippen LogP contribution in [0, 0.1) is 0 Å². The predicted molar refractivity (Wildman–Crippen MR) is 106 cm³/mol. The summed E-state index contributed by atoms with van der Waals surface area (Å²) in [5, 5.41) is 3.34. The van der Waals surface area contributed by atoms with E-state index in [-0.39, 0.29) is 30.3 Å². The number of hydrogen-bond acceptors (Lipinski definition) is 4. The molecule has 5 nitrogen and oxygen atoms in total. The lowest BCUT2D eigenvalue weighted by Gasteiger charge is -2.36. The summed E-state index contributed by atoms with van der Waals surface area (Å²) in [7, 11) is 0. The number of piperidine rings is 1. The molecule has 1 unspecified atom stereocenters. The van der Waals surface area contributed by atoms with Crippen molar-refractivity contribution in [2.75, 3.05) is 25.9 Å². The van der Waals surface area contributed by atoms with Crippen LogP contribution < -0.4 is 11.1 Å². The minimum absolute atomic E-state index is 0. The molecule has 1 atom stereocenters. The van der Waals surface area contributed by atoms with Crippen molar-refractivity contribution in [2.24, 2.45) is 5.73 Å². The third-order valence-electron chi connectivity index (χ3n) is 4.20. The van der Waals surface area contributed by atoms with Gasteiger partial charge >= 0.3 is 0 Å². The first-order chi connectivity index (χ1) is 11.6. The molecule has 8 heteroatoms. The maximum Gasteiger partial charge on any atom is 0.255 e. The number of nitrogens with one attached hydrogen (secondary N) is 1. The summed E-state index contributed by atoms with van der Waals surface area (Å²) >= 11 is 7.82. The SMILES string of the molecule is CSc1ccc(Cl)c(C(=O)N2CCCCC2CNC(=O)CCN)c1.Cl. The first-order valence-electron chi connectivity index (χ1n) is 8.18. The highest BCUT2D eigenvalue weighted by atomic mass is 35.5. The molecular formula is C17H25Cl2N3O2S. The molecule has 2 rings (SSSR count). The van der Waals surface area contributed by atoms with Gasteiger partial charge in [0.1, 0.15) is 0 Å². The molecule has 0 radical (unpaired) electrons. The van der Waals surface area contributed by atoms with Crippen molar-refractivity contribution in [3.05, 3.63) is 28.8 Å². The highest BCUT2D eigenvalue weighted by molar-refractivity contribution is 7.98. The molecule has 140 valence electrons. The Morgan fingerprint density at radius 1 is 1.40 bits per heavy atom. The standard InChI is InChI=1S/C17H24ClN3O2S.ClH/c1-24-13-5-6-15(18)14(10-13)17(23)21-9-3-2-4-12(21)11-20-16(22)7-8-19;/h5-6,10,12H,2-4,7-9,11,19H2,1H3,(H,20,22);1H. The minimum atomic E-state index is -0.0714. The third kappa shape index (κ3) is 6.06. The Morgan fingerprint density at radius 2 is 2.16 bits per heavy atom. The number of halogens is 2. The van der Waals surface area contributed by atoms with Crippen LogP contribution in [-0.2, 0) is 4.79 Å². The van der Waals surface area contributed by atoms with Crippen molar-refractivity contribution in [1.29, 1.82) is 0 Å². The molecule has 1 heterocycles. The molecule has 1 aromatic rings. The second-order valence-corrected chi connectivity index (χ2v) is 7.12. The van der Waals surface area contributed by atoms with Gasteiger partial charge in [0, 0.05) is 37.0 Å². The summed E-state index contributed by atoms with van der Waals surface area (Å²) in [6, 6.07) is 5.52. The van der Waals surface area contributed by atoms with E-state index in [4.69, 9.17) is 17.3 Å². The maximum atomic E-state index is 13.0. The molecule has 1 aliphatic rings. The smallest absolute Gasteiger partial charge is 0.255 e. The van der Waals surface area contributed by atoms with E-state index >= 15 is 0 Å². The van der Waals surface area contributed by atoms with Gasteiger partial charge in [-0.25, -0.2) is 0 Å². The monoisotopic (exact) mass is 405 g/mol. The summed E-state index contributed by atoms with van der Waals surface area (Å²) in [4.78, 5) is 27.5. The molecule has 1 aromatic carbocycles. The fourth-order valence-electron chi connectivity index (χ4n) is 2.88. The number of likely N-dealkylation sites (tertiary alicyclic amines) is 1. The summed E-state index contributed by atoms with van der Waals surface area (Å²) in [5.74, 6) is -0.133. The van der Waals surface area contributed by atoms with E-state index in [0.29, 0.717) is 36.6 Å². The van der Waals surface area contributed by atoms with Crippen molar-refractivity contribution in [2.45, 2.75) is 36.6 Å². The first kappa shape index (κ1) is 22.1. The fraction of sp³-hybridized carbons (Fsp3) is 0.529. The summed E-state index contributed by atoms with van der Waals surface area (Å²) in [6.07, 6.45) is 5.18. The topological polar surface area (TPSA) is 75.4 Å². The number of carbonyl (C=O) groups is 2. The second kappa shape index (κ2) is 10.9. The Bertz CT molecular complexity index is 601. The van der Waals surface area contributed by atoms with Gasteiger partial charge in [-0.15, -0.1) is 24.2 Å². The van der Waals surface area contributed by atoms with Crippen molar-refractivity contribution < 1.29 is 9.59 Å². The lowest BCUT2D eigenvalue weighted by molar-refractivity contribution is -0.121. The number of nitrogens with zero attached hydrogens (tertiary/aromatic N) is 1. The van der Waals surface area contributed by atoms with Gasteiger partial charge in [0.25, 0.3) is 5.91 Å². The zero-order valence-corrected chi connectivity index (χ0v) is 16.7. The van der Waals surface area contributed by atoms with Gasteiger partial charge in [-0.05, 0) is 43.7 Å². The number of benzene rings is 1. The largest absolute Gasteiger partial charge is 0.354 e. The van der Waals surface area contributed by atoms with Crippen molar-refractivity contribution >= 4 is 47.6 Å². The van der Waals surface area contributed by atoms with Crippen LogP contribution in [0.3, 0.4) is 0 Å². The van der Waals surface area contributed by atoms with Crippen molar-refractivity contribution in [3.8, 4) is 0 Å². The molecule has 0 spiro atoms. The molecule has 0 bridgehead atoms. The van der Waals surface area contributed by atoms with Crippen LogP contribution >= 0.6 is 35.8 Å². The molecule has 25 heavy (non-hydrogen) atoms. The Labute approximate surface area is 164 Å². The Hall–Kier alpha value is -0.950. The first-order valence-corrected chi connectivity index (χ1v) is 9.78. The van der Waals surface area contributed by atoms with Gasteiger partial charge in [-0.3, -0.25) is 9.59 Å². The van der Waals surface area contributed by atoms with Crippen LogP contribution in [0.15, 0.2) is 23.1 Å². The van der Waals surface area contributed by atoms with Gasteiger partial charge < -0.3 is 16.0 Å². The van der Waals surface area contributed by atoms with Crippen LogP contribution in [-0.4, -0.2) is 48.6 Å². The lowest BCUT2D eigenvalue weighted by atomic mass is 10.0. The van der Waals surface area contributed by atoms with E-state index in [9.17, 15) is 9.59 Å². The Kier molecular flexibility index (Phi) is 9.64. The van der Waals surface area contributed by atoms with Crippen LogP contribution in [0.1, 0.15) is 36.0 Å². The average Bonchev–Trinajstić information content (AvgIpc) is 2.60.